The summed E-state index contributed by atoms with van der Waals surface area (Å²) in [7, 11) is 0. The zero-order valence-electron chi connectivity index (χ0n) is 12.8. The van der Waals surface area contributed by atoms with E-state index < -0.39 is 0 Å². The summed E-state index contributed by atoms with van der Waals surface area (Å²) in [5.41, 5.74) is 3.23. The number of anilines is 1. The van der Waals surface area contributed by atoms with Crippen LogP contribution >= 0.6 is 0 Å². The Morgan fingerprint density at radius 2 is 1.90 bits per heavy atom. The largest absolute Gasteiger partial charge is 0.342 e. The summed E-state index contributed by atoms with van der Waals surface area (Å²) in [6.45, 7) is 6.30. The molecule has 1 aromatic rings. The normalized spacial score (nSPS) is 22.2. The van der Waals surface area contributed by atoms with Crippen LogP contribution in [0.5, 0.6) is 0 Å². The van der Waals surface area contributed by atoms with Gasteiger partial charge < -0.3 is 9.80 Å². The first-order valence-electron chi connectivity index (χ1n) is 7.72. The number of likely N-dealkylation sites (tertiary alicyclic amines) is 1. The summed E-state index contributed by atoms with van der Waals surface area (Å²) >= 11 is 0. The van der Waals surface area contributed by atoms with Crippen LogP contribution in [0, 0.1) is 19.8 Å². The average Bonchev–Trinajstić information content (AvgIpc) is 3.08. The zero-order valence-corrected chi connectivity index (χ0v) is 12.8. The lowest BCUT2D eigenvalue weighted by molar-refractivity contribution is -0.134. The smallest absolute Gasteiger partial charge is 0.228 e. The highest BCUT2D eigenvalue weighted by Gasteiger charge is 2.38. The molecule has 0 spiro atoms. The van der Waals surface area contributed by atoms with Crippen molar-refractivity contribution in [2.75, 3.05) is 24.5 Å². The van der Waals surface area contributed by atoms with Crippen molar-refractivity contribution in [1.29, 1.82) is 0 Å². The van der Waals surface area contributed by atoms with Gasteiger partial charge in [0.1, 0.15) is 0 Å². The molecular weight excluding hydrogens is 264 g/mol. The van der Waals surface area contributed by atoms with Gasteiger partial charge in [-0.15, -0.1) is 0 Å². The van der Waals surface area contributed by atoms with E-state index in [1.807, 2.05) is 30.9 Å². The third-order valence-electron chi connectivity index (χ3n) is 4.54. The Bertz CT molecular complexity index is 576. The molecule has 0 unspecified atom stereocenters. The van der Waals surface area contributed by atoms with Crippen LogP contribution in [0.15, 0.2) is 18.2 Å². The molecule has 1 atom stereocenters. The van der Waals surface area contributed by atoms with Gasteiger partial charge in [0.2, 0.25) is 11.8 Å². The SMILES string of the molecule is Cc1ccc(N2C[C@H](C(=O)N3CCCC3)CC2=O)c(C)c1. The molecule has 4 nitrogen and oxygen atoms in total. The molecule has 2 heterocycles. The molecule has 2 fully saturated rings. The molecule has 1 aromatic carbocycles. The fourth-order valence-corrected chi connectivity index (χ4v) is 3.41. The quantitative estimate of drug-likeness (QED) is 0.837. The summed E-state index contributed by atoms with van der Waals surface area (Å²) in [4.78, 5) is 28.5. The minimum atomic E-state index is -0.170. The predicted octanol–water partition coefficient (Wildman–Crippen LogP) is 2.28. The van der Waals surface area contributed by atoms with Gasteiger partial charge in [0, 0.05) is 31.7 Å². The fraction of sp³-hybridized carbons (Fsp3) is 0.529. The van der Waals surface area contributed by atoms with E-state index >= 15 is 0 Å². The van der Waals surface area contributed by atoms with Crippen molar-refractivity contribution in [1.82, 2.24) is 4.90 Å². The molecular formula is C17H22N2O2. The van der Waals surface area contributed by atoms with Crippen LogP contribution in [0.1, 0.15) is 30.4 Å². The lowest BCUT2D eigenvalue weighted by Crippen LogP contribution is -2.35. The van der Waals surface area contributed by atoms with E-state index in [9.17, 15) is 9.59 Å². The average molecular weight is 286 g/mol. The summed E-state index contributed by atoms with van der Waals surface area (Å²) in [6.07, 6.45) is 2.53. The van der Waals surface area contributed by atoms with Crippen LogP contribution < -0.4 is 4.90 Å². The van der Waals surface area contributed by atoms with E-state index in [-0.39, 0.29) is 17.7 Å². The Kier molecular flexibility index (Phi) is 3.70. The number of rotatable bonds is 2. The highest BCUT2D eigenvalue weighted by Crippen LogP contribution is 2.29. The van der Waals surface area contributed by atoms with Gasteiger partial charge in [-0.3, -0.25) is 9.59 Å². The first kappa shape index (κ1) is 14.1. The van der Waals surface area contributed by atoms with Gasteiger partial charge in [0.25, 0.3) is 0 Å². The molecule has 2 saturated heterocycles. The van der Waals surface area contributed by atoms with Crippen LogP contribution in [0.4, 0.5) is 5.69 Å². The zero-order chi connectivity index (χ0) is 15.0. The van der Waals surface area contributed by atoms with Crippen molar-refractivity contribution >= 4 is 17.5 Å². The van der Waals surface area contributed by atoms with Crippen LogP contribution in [0.25, 0.3) is 0 Å². The van der Waals surface area contributed by atoms with Crippen LogP contribution in [-0.2, 0) is 9.59 Å². The number of carbonyl (C=O) groups is 2. The van der Waals surface area contributed by atoms with E-state index in [4.69, 9.17) is 0 Å². The van der Waals surface area contributed by atoms with Crippen molar-refractivity contribution in [2.45, 2.75) is 33.1 Å². The van der Waals surface area contributed by atoms with Gasteiger partial charge in [-0.1, -0.05) is 17.7 Å². The summed E-state index contributed by atoms with van der Waals surface area (Å²) in [5, 5.41) is 0. The molecule has 3 rings (SSSR count). The number of aryl methyl sites for hydroxylation is 2. The van der Waals surface area contributed by atoms with E-state index in [1.54, 1.807) is 4.90 Å². The molecule has 0 bridgehead atoms. The Labute approximate surface area is 125 Å². The summed E-state index contributed by atoms with van der Waals surface area (Å²) in [5.74, 6) is 0.0592. The number of nitrogens with zero attached hydrogens (tertiary/aromatic N) is 2. The number of hydrogen-bond acceptors (Lipinski definition) is 2. The predicted molar refractivity (Wildman–Crippen MR) is 82.2 cm³/mol. The van der Waals surface area contributed by atoms with Gasteiger partial charge >= 0.3 is 0 Å². The Morgan fingerprint density at radius 3 is 2.57 bits per heavy atom. The molecule has 0 N–H and O–H groups in total. The maximum atomic E-state index is 12.5. The van der Waals surface area contributed by atoms with E-state index in [0.717, 1.165) is 37.2 Å². The van der Waals surface area contributed by atoms with Crippen molar-refractivity contribution in [3.63, 3.8) is 0 Å². The molecule has 2 amide bonds. The molecule has 0 aromatic heterocycles. The van der Waals surface area contributed by atoms with Crippen molar-refractivity contribution in [3.8, 4) is 0 Å². The second-order valence-corrected chi connectivity index (χ2v) is 6.23. The number of amides is 2. The Hall–Kier alpha value is -1.84. The lowest BCUT2D eigenvalue weighted by Gasteiger charge is -2.21. The second kappa shape index (κ2) is 5.51. The first-order chi connectivity index (χ1) is 10.1. The maximum absolute atomic E-state index is 12.5. The summed E-state index contributed by atoms with van der Waals surface area (Å²) in [6, 6.07) is 6.09. The third kappa shape index (κ3) is 2.67. The van der Waals surface area contributed by atoms with Crippen LogP contribution in [-0.4, -0.2) is 36.3 Å². The van der Waals surface area contributed by atoms with Gasteiger partial charge in [0.15, 0.2) is 0 Å². The highest BCUT2D eigenvalue weighted by atomic mass is 16.2. The molecule has 112 valence electrons. The van der Waals surface area contributed by atoms with Crippen molar-refractivity contribution < 1.29 is 9.59 Å². The Balaban J connectivity index is 1.76. The van der Waals surface area contributed by atoms with Crippen LogP contribution in [0.3, 0.4) is 0 Å². The highest BCUT2D eigenvalue weighted by molar-refractivity contribution is 6.00. The van der Waals surface area contributed by atoms with Gasteiger partial charge in [0.05, 0.1) is 5.92 Å². The number of carbonyl (C=O) groups excluding carboxylic acids is 2. The molecule has 0 saturated carbocycles. The third-order valence-corrected chi connectivity index (χ3v) is 4.54. The number of hydrogen-bond donors (Lipinski definition) is 0. The first-order valence-corrected chi connectivity index (χ1v) is 7.72. The topological polar surface area (TPSA) is 40.6 Å². The molecule has 2 aliphatic rings. The number of benzene rings is 1. The second-order valence-electron chi connectivity index (χ2n) is 6.23. The van der Waals surface area contributed by atoms with E-state index in [1.165, 1.54) is 5.56 Å². The van der Waals surface area contributed by atoms with Gasteiger partial charge in [-0.2, -0.15) is 0 Å². The molecule has 0 aliphatic carbocycles. The maximum Gasteiger partial charge on any atom is 0.228 e. The minimum absolute atomic E-state index is 0.0690. The van der Waals surface area contributed by atoms with Crippen LogP contribution in [0.2, 0.25) is 0 Å². The molecule has 4 heteroatoms. The van der Waals surface area contributed by atoms with Gasteiger partial charge in [-0.25, -0.2) is 0 Å². The summed E-state index contributed by atoms with van der Waals surface area (Å²) < 4.78 is 0. The Morgan fingerprint density at radius 1 is 1.19 bits per heavy atom. The standard InChI is InChI=1S/C17H22N2O2/c1-12-5-6-15(13(2)9-12)19-11-14(10-16(19)20)17(21)18-7-3-4-8-18/h5-6,9,14H,3-4,7-8,10-11H2,1-2H3/t14-/m1/s1. The fourth-order valence-electron chi connectivity index (χ4n) is 3.41. The van der Waals surface area contributed by atoms with E-state index in [2.05, 4.69) is 6.07 Å². The molecule has 2 aliphatic heterocycles. The lowest BCUT2D eigenvalue weighted by atomic mass is 10.1. The van der Waals surface area contributed by atoms with Gasteiger partial charge in [-0.05, 0) is 38.3 Å². The molecule has 0 radical (unpaired) electrons. The van der Waals surface area contributed by atoms with Crippen molar-refractivity contribution in [3.05, 3.63) is 29.3 Å². The monoisotopic (exact) mass is 286 g/mol. The van der Waals surface area contributed by atoms with Crippen molar-refractivity contribution in [2.24, 2.45) is 5.92 Å². The molecule has 21 heavy (non-hydrogen) atoms. The van der Waals surface area contributed by atoms with E-state index in [0.29, 0.717) is 13.0 Å². The minimum Gasteiger partial charge on any atom is -0.342 e.